The van der Waals surface area contributed by atoms with Gasteiger partial charge in [-0.2, -0.15) is 0 Å². The zero-order chi connectivity index (χ0) is 13.0. The van der Waals surface area contributed by atoms with E-state index in [2.05, 4.69) is 47.2 Å². The highest BCUT2D eigenvalue weighted by molar-refractivity contribution is 9.11. The molecule has 0 aromatic carbocycles. The highest BCUT2D eigenvalue weighted by Gasteiger charge is 2.21. The third-order valence-electron chi connectivity index (χ3n) is 3.01. The first-order valence-electron chi connectivity index (χ1n) is 6.54. The molecule has 1 aliphatic heterocycles. The number of nitrogens with one attached hydrogen (secondary N) is 1. The van der Waals surface area contributed by atoms with Gasteiger partial charge in [-0.25, -0.2) is 0 Å². The largest absolute Gasteiger partial charge is 0.496 e. The van der Waals surface area contributed by atoms with Crippen LogP contribution in [0.2, 0.25) is 0 Å². The number of thiophene rings is 1. The summed E-state index contributed by atoms with van der Waals surface area (Å²) in [6, 6.07) is 2.47. The van der Waals surface area contributed by atoms with Crippen LogP contribution in [-0.4, -0.2) is 13.2 Å². The van der Waals surface area contributed by atoms with Gasteiger partial charge in [0.05, 0.1) is 16.4 Å². The zero-order valence-corrected chi connectivity index (χ0v) is 13.4. The van der Waals surface area contributed by atoms with Gasteiger partial charge in [0, 0.05) is 4.88 Å². The van der Waals surface area contributed by atoms with Crippen molar-refractivity contribution in [2.75, 3.05) is 13.2 Å². The Morgan fingerprint density at radius 1 is 1.56 bits per heavy atom. The molecule has 0 aliphatic carbocycles. The lowest BCUT2D eigenvalue weighted by molar-refractivity contribution is 0.168. The Bertz CT molecular complexity index is 408. The molecule has 0 bridgehead atoms. The summed E-state index contributed by atoms with van der Waals surface area (Å²) in [5, 5.41) is 3.59. The van der Waals surface area contributed by atoms with Gasteiger partial charge in [0.15, 0.2) is 0 Å². The van der Waals surface area contributed by atoms with E-state index in [1.807, 2.05) is 0 Å². The molecule has 1 aromatic rings. The van der Waals surface area contributed by atoms with E-state index in [0.29, 0.717) is 0 Å². The van der Waals surface area contributed by atoms with Gasteiger partial charge in [-0.1, -0.05) is 6.92 Å². The van der Waals surface area contributed by atoms with Crippen LogP contribution >= 0.6 is 27.3 Å². The van der Waals surface area contributed by atoms with Crippen LogP contribution in [0.4, 0.5) is 0 Å². The van der Waals surface area contributed by atoms with E-state index in [1.54, 1.807) is 11.3 Å². The van der Waals surface area contributed by atoms with Crippen molar-refractivity contribution in [3.05, 3.63) is 32.1 Å². The number of rotatable bonds is 5. The van der Waals surface area contributed by atoms with Crippen LogP contribution in [0.15, 0.2) is 21.7 Å². The Kier molecular flexibility index (Phi) is 5.27. The summed E-state index contributed by atoms with van der Waals surface area (Å²) in [4.78, 5) is 1.33. The molecule has 2 heterocycles. The summed E-state index contributed by atoms with van der Waals surface area (Å²) < 4.78 is 7.05. The van der Waals surface area contributed by atoms with E-state index >= 15 is 0 Å². The SMILES string of the molecule is CCCNC(C1=CCCCO1)c1cc(C)c(Br)s1. The fraction of sp³-hybridized carbons (Fsp3) is 0.571. The summed E-state index contributed by atoms with van der Waals surface area (Å²) >= 11 is 5.41. The van der Waals surface area contributed by atoms with Crippen LogP contribution in [0.25, 0.3) is 0 Å². The fourth-order valence-electron chi connectivity index (χ4n) is 2.03. The molecule has 1 N–H and O–H groups in total. The van der Waals surface area contributed by atoms with Gasteiger partial charge in [-0.15, -0.1) is 11.3 Å². The molecule has 100 valence electrons. The maximum Gasteiger partial charge on any atom is 0.114 e. The minimum Gasteiger partial charge on any atom is -0.496 e. The molecule has 1 aromatic heterocycles. The molecule has 18 heavy (non-hydrogen) atoms. The normalized spacial score (nSPS) is 17.2. The van der Waals surface area contributed by atoms with Gasteiger partial charge in [-0.05, 0) is 66.4 Å². The van der Waals surface area contributed by atoms with E-state index in [9.17, 15) is 0 Å². The average Bonchev–Trinajstić information content (AvgIpc) is 2.71. The van der Waals surface area contributed by atoms with Crippen molar-refractivity contribution in [3.8, 4) is 0 Å². The molecule has 0 saturated heterocycles. The third kappa shape index (κ3) is 3.37. The lowest BCUT2D eigenvalue weighted by atomic mass is 10.1. The molecule has 0 saturated carbocycles. The number of ether oxygens (including phenoxy) is 1. The van der Waals surface area contributed by atoms with Crippen LogP contribution in [-0.2, 0) is 4.74 Å². The summed E-state index contributed by atoms with van der Waals surface area (Å²) in [5.74, 6) is 1.10. The predicted octanol–water partition coefficient (Wildman–Crippen LogP) is 4.55. The molecule has 1 aliphatic rings. The lowest BCUT2D eigenvalue weighted by Crippen LogP contribution is -2.25. The van der Waals surface area contributed by atoms with Crippen LogP contribution < -0.4 is 5.32 Å². The Morgan fingerprint density at radius 2 is 2.39 bits per heavy atom. The van der Waals surface area contributed by atoms with E-state index in [-0.39, 0.29) is 6.04 Å². The lowest BCUT2D eigenvalue weighted by Gasteiger charge is -2.24. The summed E-state index contributed by atoms with van der Waals surface area (Å²) in [6.07, 6.45) is 5.64. The maximum atomic E-state index is 5.83. The Morgan fingerprint density at radius 3 is 2.94 bits per heavy atom. The predicted molar refractivity (Wildman–Crippen MR) is 81.1 cm³/mol. The zero-order valence-electron chi connectivity index (χ0n) is 11.0. The molecule has 0 radical (unpaired) electrons. The fourth-order valence-corrected chi connectivity index (χ4v) is 3.69. The van der Waals surface area contributed by atoms with Crippen LogP contribution in [0, 0.1) is 6.92 Å². The molecule has 0 spiro atoms. The van der Waals surface area contributed by atoms with Crippen molar-refractivity contribution in [2.24, 2.45) is 0 Å². The second-order valence-electron chi connectivity index (χ2n) is 4.59. The van der Waals surface area contributed by atoms with Gasteiger partial charge in [0.1, 0.15) is 5.76 Å². The van der Waals surface area contributed by atoms with Crippen molar-refractivity contribution in [1.82, 2.24) is 5.32 Å². The molecule has 0 fully saturated rings. The van der Waals surface area contributed by atoms with E-state index in [4.69, 9.17) is 4.74 Å². The quantitative estimate of drug-likeness (QED) is 0.855. The standard InChI is InChI=1S/C14H20BrNOS/c1-3-7-16-13(11-6-4-5-8-17-11)12-9-10(2)14(15)18-12/h6,9,13,16H,3-5,7-8H2,1-2H3. The Balaban J connectivity index is 2.20. The molecule has 0 amide bonds. The third-order valence-corrected chi connectivity index (χ3v) is 5.21. The topological polar surface area (TPSA) is 21.3 Å². The van der Waals surface area contributed by atoms with Gasteiger partial charge in [-0.3, -0.25) is 0 Å². The van der Waals surface area contributed by atoms with E-state index < -0.39 is 0 Å². The number of halogens is 1. The van der Waals surface area contributed by atoms with Gasteiger partial charge >= 0.3 is 0 Å². The monoisotopic (exact) mass is 329 g/mol. The summed E-state index contributed by atoms with van der Waals surface area (Å²) in [6.45, 7) is 6.19. The maximum absolute atomic E-state index is 5.83. The molecule has 2 rings (SSSR count). The Hall–Kier alpha value is -0.320. The molecule has 1 unspecified atom stereocenters. The Labute approximate surface area is 122 Å². The van der Waals surface area contributed by atoms with Crippen molar-refractivity contribution >= 4 is 27.3 Å². The first-order chi connectivity index (χ1) is 8.72. The van der Waals surface area contributed by atoms with Gasteiger partial charge in [0.2, 0.25) is 0 Å². The first-order valence-corrected chi connectivity index (χ1v) is 8.15. The second kappa shape index (κ2) is 6.73. The molecule has 1 atom stereocenters. The minimum atomic E-state index is 0.222. The number of hydrogen-bond acceptors (Lipinski definition) is 3. The molecule has 2 nitrogen and oxygen atoms in total. The first kappa shape index (κ1) is 14.1. The second-order valence-corrected chi connectivity index (χ2v) is 6.99. The van der Waals surface area contributed by atoms with Crippen LogP contribution in [0.3, 0.4) is 0 Å². The summed E-state index contributed by atoms with van der Waals surface area (Å²) in [5.41, 5.74) is 1.30. The van der Waals surface area contributed by atoms with Crippen LogP contribution in [0.5, 0.6) is 0 Å². The van der Waals surface area contributed by atoms with Crippen molar-refractivity contribution in [1.29, 1.82) is 0 Å². The number of aryl methyl sites for hydroxylation is 1. The van der Waals surface area contributed by atoms with Gasteiger partial charge in [0.25, 0.3) is 0 Å². The molecular formula is C14H20BrNOS. The smallest absolute Gasteiger partial charge is 0.114 e. The molecular weight excluding hydrogens is 310 g/mol. The van der Waals surface area contributed by atoms with E-state index in [1.165, 1.54) is 14.2 Å². The average molecular weight is 330 g/mol. The highest BCUT2D eigenvalue weighted by Crippen LogP contribution is 2.35. The van der Waals surface area contributed by atoms with E-state index in [0.717, 1.165) is 38.2 Å². The summed E-state index contributed by atoms with van der Waals surface area (Å²) in [7, 11) is 0. The van der Waals surface area contributed by atoms with Gasteiger partial charge < -0.3 is 10.1 Å². The number of hydrogen-bond donors (Lipinski definition) is 1. The minimum absolute atomic E-state index is 0.222. The van der Waals surface area contributed by atoms with Crippen LogP contribution in [0.1, 0.15) is 42.7 Å². The van der Waals surface area contributed by atoms with Crippen molar-refractivity contribution in [3.63, 3.8) is 0 Å². The molecule has 4 heteroatoms. The van der Waals surface area contributed by atoms with Crippen molar-refractivity contribution < 1.29 is 4.74 Å². The van der Waals surface area contributed by atoms with Crippen molar-refractivity contribution in [2.45, 2.75) is 39.2 Å². The number of allylic oxidation sites excluding steroid dienone is 1. The highest BCUT2D eigenvalue weighted by atomic mass is 79.9.